The van der Waals surface area contributed by atoms with Crippen molar-refractivity contribution in [2.24, 2.45) is 0 Å². The van der Waals surface area contributed by atoms with E-state index >= 15 is 0 Å². The van der Waals surface area contributed by atoms with Gasteiger partial charge in [-0.05, 0) is 25.5 Å². The number of aliphatic hydroxyl groups excluding tert-OH is 1. The molecule has 0 aliphatic carbocycles. The third kappa shape index (κ3) is 4.13. The Morgan fingerprint density at radius 1 is 1.28 bits per heavy atom. The SMILES string of the molecule is CCN(CC(O)c1ccc(C)cc1)C(=O)c1c(N)cccc1[N+](=O)[O-]. The van der Waals surface area contributed by atoms with E-state index in [1.165, 1.54) is 23.1 Å². The van der Waals surface area contributed by atoms with Crippen molar-refractivity contribution >= 4 is 17.3 Å². The number of benzene rings is 2. The number of rotatable bonds is 6. The molecule has 2 aromatic carbocycles. The molecule has 0 aliphatic heterocycles. The van der Waals surface area contributed by atoms with Crippen molar-refractivity contribution in [1.82, 2.24) is 4.90 Å². The summed E-state index contributed by atoms with van der Waals surface area (Å²) in [4.78, 5) is 24.7. The zero-order valence-electron chi connectivity index (χ0n) is 14.2. The van der Waals surface area contributed by atoms with Crippen LogP contribution in [0.15, 0.2) is 42.5 Å². The normalized spacial score (nSPS) is 11.8. The van der Waals surface area contributed by atoms with E-state index in [0.29, 0.717) is 5.56 Å². The maximum atomic E-state index is 12.8. The topological polar surface area (TPSA) is 110 Å². The van der Waals surface area contributed by atoms with Gasteiger partial charge in [-0.1, -0.05) is 35.9 Å². The van der Waals surface area contributed by atoms with Crippen LogP contribution in [0.1, 0.15) is 34.5 Å². The summed E-state index contributed by atoms with van der Waals surface area (Å²) in [6, 6.07) is 11.4. The van der Waals surface area contributed by atoms with Crippen molar-refractivity contribution < 1.29 is 14.8 Å². The van der Waals surface area contributed by atoms with Gasteiger partial charge in [-0.25, -0.2) is 0 Å². The summed E-state index contributed by atoms with van der Waals surface area (Å²) >= 11 is 0. The van der Waals surface area contributed by atoms with Crippen LogP contribution in [0.25, 0.3) is 0 Å². The van der Waals surface area contributed by atoms with Gasteiger partial charge in [0, 0.05) is 12.6 Å². The van der Waals surface area contributed by atoms with Crippen LogP contribution < -0.4 is 5.73 Å². The molecule has 1 amide bonds. The van der Waals surface area contributed by atoms with Crippen LogP contribution in [-0.4, -0.2) is 33.9 Å². The molecule has 132 valence electrons. The van der Waals surface area contributed by atoms with Crippen molar-refractivity contribution in [3.05, 3.63) is 69.3 Å². The lowest BCUT2D eigenvalue weighted by molar-refractivity contribution is -0.385. The number of hydrogen-bond acceptors (Lipinski definition) is 5. The fourth-order valence-corrected chi connectivity index (χ4v) is 2.56. The number of anilines is 1. The molecule has 3 N–H and O–H groups in total. The summed E-state index contributed by atoms with van der Waals surface area (Å²) in [6.45, 7) is 3.98. The Balaban J connectivity index is 2.27. The Hall–Kier alpha value is -2.93. The summed E-state index contributed by atoms with van der Waals surface area (Å²) in [7, 11) is 0. The van der Waals surface area contributed by atoms with Gasteiger partial charge in [0.15, 0.2) is 0 Å². The molecule has 2 rings (SSSR count). The van der Waals surface area contributed by atoms with Gasteiger partial charge in [0.2, 0.25) is 0 Å². The Labute approximate surface area is 145 Å². The Morgan fingerprint density at radius 2 is 1.92 bits per heavy atom. The first-order valence-corrected chi connectivity index (χ1v) is 7.92. The minimum absolute atomic E-state index is 0.0177. The van der Waals surface area contributed by atoms with Crippen LogP contribution in [0.2, 0.25) is 0 Å². The molecule has 0 saturated carbocycles. The zero-order chi connectivity index (χ0) is 18.6. The molecule has 0 aromatic heterocycles. The lowest BCUT2D eigenvalue weighted by Crippen LogP contribution is -2.35. The number of aryl methyl sites for hydroxylation is 1. The number of likely N-dealkylation sites (N-methyl/N-ethyl adjacent to an activating group) is 1. The quantitative estimate of drug-likeness (QED) is 0.476. The summed E-state index contributed by atoms with van der Waals surface area (Å²) in [5, 5.41) is 21.6. The standard InChI is InChI=1S/C18H21N3O4/c1-3-20(11-16(22)13-9-7-12(2)8-10-13)18(23)17-14(19)5-4-6-15(17)21(24)25/h4-10,16,22H,3,11,19H2,1-2H3. The summed E-state index contributed by atoms with van der Waals surface area (Å²) in [5.74, 6) is -0.571. The minimum atomic E-state index is -0.895. The monoisotopic (exact) mass is 343 g/mol. The van der Waals surface area contributed by atoms with E-state index in [0.717, 1.165) is 5.56 Å². The number of carbonyl (C=O) groups is 1. The highest BCUT2D eigenvalue weighted by atomic mass is 16.6. The van der Waals surface area contributed by atoms with Crippen LogP contribution in [-0.2, 0) is 0 Å². The molecule has 2 aromatic rings. The molecular formula is C18H21N3O4. The average Bonchev–Trinajstić information content (AvgIpc) is 2.59. The number of nitrogens with two attached hydrogens (primary N) is 1. The van der Waals surface area contributed by atoms with Crippen LogP contribution in [0, 0.1) is 17.0 Å². The van der Waals surface area contributed by atoms with E-state index in [9.17, 15) is 20.0 Å². The summed E-state index contributed by atoms with van der Waals surface area (Å²) < 4.78 is 0. The van der Waals surface area contributed by atoms with Gasteiger partial charge in [-0.3, -0.25) is 14.9 Å². The third-order valence-electron chi connectivity index (χ3n) is 4.01. The molecule has 25 heavy (non-hydrogen) atoms. The van der Waals surface area contributed by atoms with Gasteiger partial charge in [0.1, 0.15) is 5.56 Å². The molecule has 1 unspecified atom stereocenters. The molecule has 7 heteroatoms. The maximum absolute atomic E-state index is 12.8. The minimum Gasteiger partial charge on any atom is -0.398 e. The predicted molar refractivity (Wildman–Crippen MR) is 95.2 cm³/mol. The van der Waals surface area contributed by atoms with E-state index in [4.69, 9.17) is 5.73 Å². The number of nitro groups is 1. The Bertz CT molecular complexity index is 774. The molecule has 0 bridgehead atoms. The second-order valence-electron chi connectivity index (χ2n) is 5.77. The smallest absolute Gasteiger partial charge is 0.284 e. The van der Waals surface area contributed by atoms with Crippen LogP contribution in [0.3, 0.4) is 0 Å². The Morgan fingerprint density at radius 3 is 2.48 bits per heavy atom. The van der Waals surface area contributed by atoms with Crippen molar-refractivity contribution in [1.29, 1.82) is 0 Å². The fourth-order valence-electron chi connectivity index (χ4n) is 2.56. The molecule has 0 spiro atoms. The second-order valence-corrected chi connectivity index (χ2v) is 5.77. The second kappa shape index (κ2) is 7.76. The van der Waals surface area contributed by atoms with Crippen LogP contribution in [0.5, 0.6) is 0 Å². The molecule has 1 atom stereocenters. The van der Waals surface area contributed by atoms with Crippen molar-refractivity contribution in [3.8, 4) is 0 Å². The molecule has 0 saturated heterocycles. The predicted octanol–water partition coefficient (Wildman–Crippen LogP) is 2.68. The lowest BCUT2D eigenvalue weighted by Gasteiger charge is -2.24. The summed E-state index contributed by atoms with van der Waals surface area (Å²) in [6.07, 6.45) is -0.895. The highest BCUT2D eigenvalue weighted by Crippen LogP contribution is 2.26. The molecule has 0 fully saturated rings. The largest absolute Gasteiger partial charge is 0.398 e. The number of nitrogen functional groups attached to an aromatic ring is 1. The molecule has 0 radical (unpaired) electrons. The third-order valence-corrected chi connectivity index (χ3v) is 4.01. The van der Waals surface area contributed by atoms with Gasteiger partial charge < -0.3 is 15.7 Å². The maximum Gasteiger partial charge on any atom is 0.284 e. The van der Waals surface area contributed by atoms with E-state index < -0.39 is 16.9 Å². The van der Waals surface area contributed by atoms with Crippen LogP contribution in [0.4, 0.5) is 11.4 Å². The van der Waals surface area contributed by atoms with E-state index in [1.807, 2.05) is 19.1 Å². The van der Waals surface area contributed by atoms with E-state index in [1.54, 1.807) is 19.1 Å². The van der Waals surface area contributed by atoms with Gasteiger partial charge in [-0.15, -0.1) is 0 Å². The summed E-state index contributed by atoms with van der Waals surface area (Å²) in [5.41, 5.74) is 7.09. The number of carbonyl (C=O) groups excluding carboxylic acids is 1. The van der Waals surface area contributed by atoms with Crippen molar-refractivity contribution in [2.75, 3.05) is 18.8 Å². The molecular weight excluding hydrogens is 322 g/mol. The average molecular weight is 343 g/mol. The number of hydrogen-bond donors (Lipinski definition) is 2. The first kappa shape index (κ1) is 18.4. The van der Waals surface area contributed by atoms with E-state index in [2.05, 4.69) is 0 Å². The number of aliphatic hydroxyl groups is 1. The number of nitro benzene ring substituents is 1. The molecule has 7 nitrogen and oxygen atoms in total. The van der Waals surface area contributed by atoms with Gasteiger partial charge >= 0.3 is 0 Å². The highest BCUT2D eigenvalue weighted by Gasteiger charge is 2.27. The van der Waals surface area contributed by atoms with Gasteiger partial charge in [0.05, 0.1) is 23.3 Å². The number of amides is 1. The first-order chi connectivity index (χ1) is 11.8. The van der Waals surface area contributed by atoms with Gasteiger partial charge in [0.25, 0.3) is 11.6 Å². The first-order valence-electron chi connectivity index (χ1n) is 7.92. The fraction of sp³-hybridized carbons (Fsp3) is 0.278. The number of nitrogens with zero attached hydrogens (tertiary/aromatic N) is 2. The molecule has 0 aliphatic rings. The van der Waals surface area contributed by atoms with E-state index in [-0.39, 0.29) is 30.0 Å². The lowest BCUT2D eigenvalue weighted by atomic mass is 10.1. The molecule has 0 heterocycles. The zero-order valence-corrected chi connectivity index (χ0v) is 14.2. The highest BCUT2D eigenvalue weighted by molar-refractivity contribution is 6.03. The Kier molecular flexibility index (Phi) is 5.71. The van der Waals surface area contributed by atoms with Crippen LogP contribution >= 0.6 is 0 Å². The van der Waals surface area contributed by atoms with Crippen molar-refractivity contribution in [2.45, 2.75) is 20.0 Å². The van der Waals surface area contributed by atoms with Gasteiger partial charge in [-0.2, -0.15) is 0 Å². The van der Waals surface area contributed by atoms with Crippen molar-refractivity contribution in [3.63, 3.8) is 0 Å².